The molecule has 1 aromatic rings. The molecule has 0 aliphatic rings. The highest BCUT2D eigenvalue weighted by Gasteiger charge is 2.19. The van der Waals surface area contributed by atoms with E-state index in [9.17, 15) is 9.18 Å². The average Bonchev–Trinajstić information content (AvgIpc) is 2.17. The maximum Gasteiger partial charge on any atom is 0.256 e. The van der Waals surface area contributed by atoms with Crippen molar-refractivity contribution in [1.29, 1.82) is 0 Å². The first-order valence-corrected chi connectivity index (χ1v) is 3.82. The lowest BCUT2D eigenvalue weighted by Gasteiger charge is -2.10. The fourth-order valence-corrected chi connectivity index (χ4v) is 1.14. The van der Waals surface area contributed by atoms with Crippen LogP contribution in [0.3, 0.4) is 0 Å². The van der Waals surface area contributed by atoms with Crippen LogP contribution in [0.4, 0.5) is 4.39 Å². The van der Waals surface area contributed by atoms with Gasteiger partial charge in [0.25, 0.3) is 5.91 Å². The highest BCUT2D eigenvalue weighted by Crippen LogP contribution is 2.30. The molecule has 0 spiro atoms. The van der Waals surface area contributed by atoms with Crippen molar-refractivity contribution in [3.05, 3.63) is 23.5 Å². The standard InChI is InChI=1S/C9H10FNO3/c1-13-6-4-3-5(10)8(14-2)7(6)9(11)12/h3-4H,1-2H3,(H2,11,12). The predicted molar refractivity (Wildman–Crippen MR) is 48.0 cm³/mol. The van der Waals surface area contributed by atoms with Crippen molar-refractivity contribution >= 4 is 5.91 Å². The van der Waals surface area contributed by atoms with Gasteiger partial charge in [0.1, 0.15) is 11.3 Å². The van der Waals surface area contributed by atoms with Crippen LogP contribution in [0.2, 0.25) is 0 Å². The molecule has 0 fully saturated rings. The van der Waals surface area contributed by atoms with Crippen molar-refractivity contribution in [3.8, 4) is 11.5 Å². The van der Waals surface area contributed by atoms with E-state index in [0.29, 0.717) is 0 Å². The number of rotatable bonds is 3. The number of carbonyl (C=O) groups excluding carboxylic acids is 1. The van der Waals surface area contributed by atoms with Crippen LogP contribution in [0.15, 0.2) is 12.1 Å². The number of hydrogen-bond acceptors (Lipinski definition) is 3. The summed E-state index contributed by atoms with van der Waals surface area (Å²) < 4.78 is 22.7. The topological polar surface area (TPSA) is 61.6 Å². The number of benzene rings is 1. The molecule has 5 heteroatoms. The number of methoxy groups -OCH3 is 2. The van der Waals surface area contributed by atoms with Crippen molar-refractivity contribution in [2.45, 2.75) is 0 Å². The zero-order chi connectivity index (χ0) is 10.7. The Morgan fingerprint density at radius 2 is 2.00 bits per heavy atom. The van der Waals surface area contributed by atoms with Gasteiger partial charge in [0.15, 0.2) is 11.6 Å². The fourth-order valence-electron chi connectivity index (χ4n) is 1.14. The average molecular weight is 199 g/mol. The molecule has 0 atom stereocenters. The Balaban J connectivity index is 3.43. The van der Waals surface area contributed by atoms with E-state index in [1.54, 1.807) is 0 Å². The molecule has 0 saturated heterocycles. The molecule has 0 heterocycles. The van der Waals surface area contributed by atoms with E-state index >= 15 is 0 Å². The molecule has 0 unspecified atom stereocenters. The first kappa shape index (κ1) is 10.3. The van der Waals surface area contributed by atoms with Gasteiger partial charge in [0, 0.05) is 0 Å². The third kappa shape index (κ3) is 1.61. The number of ether oxygens (including phenoxy) is 2. The maximum atomic E-state index is 13.1. The van der Waals surface area contributed by atoms with Crippen molar-refractivity contribution in [2.24, 2.45) is 5.73 Å². The highest BCUT2D eigenvalue weighted by atomic mass is 19.1. The van der Waals surface area contributed by atoms with Gasteiger partial charge in [0.2, 0.25) is 0 Å². The van der Waals surface area contributed by atoms with Crippen LogP contribution in [0.25, 0.3) is 0 Å². The largest absolute Gasteiger partial charge is 0.496 e. The predicted octanol–water partition coefficient (Wildman–Crippen LogP) is 0.942. The summed E-state index contributed by atoms with van der Waals surface area (Å²) in [5, 5.41) is 0. The molecule has 0 saturated carbocycles. The highest BCUT2D eigenvalue weighted by molar-refractivity contribution is 5.98. The van der Waals surface area contributed by atoms with Gasteiger partial charge in [0.05, 0.1) is 14.2 Å². The van der Waals surface area contributed by atoms with Gasteiger partial charge in [-0.3, -0.25) is 4.79 Å². The molecule has 0 aromatic heterocycles. The minimum atomic E-state index is -0.793. The molecule has 2 N–H and O–H groups in total. The van der Waals surface area contributed by atoms with E-state index in [1.807, 2.05) is 0 Å². The Morgan fingerprint density at radius 1 is 1.36 bits per heavy atom. The van der Waals surface area contributed by atoms with Crippen molar-refractivity contribution in [2.75, 3.05) is 14.2 Å². The van der Waals surface area contributed by atoms with Crippen LogP contribution in [0, 0.1) is 5.82 Å². The Kier molecular flexibility index (Phi) is 2.91. The van der Waals surface area contributed by atoms with Gasteiger partial charge >= 0.3 is 0 Å². The Hall–Kier alpha value is -1.78. The van der Waals surface area contributed by atoms with E-state index < -0.39 is 11.7 Å². The number of amides is 1. The molecule has 0 aliphatic heterocycles. The molecular formula is C9H10FNO3. The van der Waals surface area contributed by atoms with Gasteiger partial charge in [-0.05, 0) is 12.1 Å². The maximum absolute atomic E-state index is 13.1. The Morgan fingerprint density at radius 3 is 2.43 bits per heavy atom. The van der Waals surface area contributed by atoms with Crippen molar-refractivity contribution in [1.82, 2.24) is 0 Å². The quantitative estimate of drug-likeness (QED) is 0.788. The minimum Gasteiger partial charge on any atom is -0.496 e. The van der Waals surface area contributed by atoms with Gasteiger partial charge < -0.3 is 15.2 Å². The first-order chi connectivity index (χ1) is 6.61. The summed E-state index contributed by atoms with van der Waals surface area (Å²) in [4.78, 5) is 11.0. The molecule has 76 valence electrons. The summed E-state index contributed by atoms with van der Waals surface area (Å²) in [6, 6.07) is 2.46. The molecule has 1 amide bonds. The van der Waals surface area contributed by atoms with Gasteiger partial charge in [-0.1, -0.05) is 0 Å². The van der Waals surface area contributed by atoms with Crippen LogP contribution in [-0.4, -0.2) is 20.1 Å². The molecular weight excluding hydrogens is 189 g/mol. The lowest BCUT2D eigenvalue weighted by Crippen LogP contribution is -2.14. The summed E-state index contributed by atoms with van der Waals surface area (Å²) in [5.74, 6) is -1.45. The van der Waals surface area contributed by atoms with E-state index in [4.69, 9.17) is 15.2 Å². The van der Waals surface area contributed by atoms with E-state index in [1.165, 1.54) is 20.3 Å². The zero-order valence-corrected chi connectivity index (χ0v) is 7.83. The Labute approximate surface area is 80.4 Å². The lowest BCUT2D eigenvalue weighted by molar-refractivity contribution is 0.0993. The van der Waals surface area contributed by atoms with E-state index in [2.05, 4.69) is 0 Å². The normalized spacial score (nSPS) is 9.64. The van der Waals surface area contributed by atoms with Gasteiger partial charge in [-0.15, -0.1) is 0 Å². The number of hydrogen-bond donors (Lipinski definition) is 1. The number of halogens is 1. The van der Waals surface area contributed by atoms with E-state index in [-0.39, 0.29) is 17.1 Å². The first-order valence-electron chi connectivity index (χ1n) is 3.82. The summed E-state index contributed by atoms with van der Waals surface area (Å²) in [6.45, 7) is 0. The SMILES string of the molecule is COc1ccc(F)c(OC)c1C(N)=O. The second-order valence-corrected chi connectivity index (χ2v) is 2.52. The fraction of sp³-hybridized carbons (Fsp3) is 0.222. The van der Waals surface area contributed by atoms with Crippen LogP contribution in [0.1, 0.15) is 10.4 Å². The monoisotopic (exact) mass is 199 g/mol. The van der Waals surface area contributed by atoms with Crippen LogP contribution in [0.5, 0.6) is 11.5 Å². The molecule has 1 aromatic carbocycles. The second kappa shape index (κ2) is 3.95. The smallest absolute Gasteiger partial charge is 0.256 e. The molecule has 4 nitrogen and oxygen atoms in total. The number of nitrogens with two attached hydrogens (primary N) is 1. The molecule has 0 aliphatic carbocycles. The summed E-state index contributed by atoms with van der Waals surface area (Å²) >= 11 is 0. The molecule has 14 heavy (non-hydrogen) atoms. The van der Waals surface area contributed by atoms with Crippen LogP contribution >= 0.6 is 0 Å². The van der Waals surface area contributed by atoms with Gasteiger partial charge in [-0.2, -0.15) is 0 Å². The molecule has 1 rings (SSSR count). The second-order valence-electron chi connectivity index (χ2n) is 2.52. The minimum absolute atomic E-state index is 0.0880. The van der Waals surface area contributed by atoms with Crippen molar-refractivity contribution in [3.63, 3.8) is 0 Å². The van der Waals surface area contributed by atoms with Crippen LogP contribution < -0.4 is 15.2 Å². The third-order valence-corrected chi connectivity index (χ3v) is 1.74. The summed E-state index contributed by atoms with van der Waals surface area (Å²) in [5.41, 5.74) is 4.98. The lowest BCUT2D eigenvalue weighted by atomic mass is 10.1. The molecule has 0 bridgehead atoms. The Bertz CT molecular complexity index is 365. The number of primary amides is 1. The van der Waals surface area contributed by atoms with E-state index in [0.717, 1.165) is 6.07 Å². The van der Waals surface area contributed by atoms with Gasteiger partial charge in [-0.25, -0.2) is 4.39 Å². The zero-order valence-electron chi connectivity index (χ0n) is 7.83. The molecule has 0 radical (unpaired) electrons. The number of carbonyl (C=O) groups is 1. The van der Waals surface area contributed by atoms with Crippen LogP contribution in [-0.2, 0) is 0 Å². The summed E-state index contributed by atoms with van der Waals surface area (Å²) in [7, 11) is 2.61. The third-order valence-electron chi connectivity index (χ3n) is 1.74. The van der Waals surface area contributed by atoms with Crippen molar-refractivity contribution < 1.29 is 18.7 Å². The summed E-state index contributed by atoms with van der Waals surface area (Å²) in [6.07, 6.45) is 0.